The quantitative estimate of drug-likeness (QED) is 0.477. The molecule has 1 saturated heterocycles. The van der Waals surface area contributed by atoms with E-state index in [1.54, 1.807) is 0 Å². The standard InChI is InChI=1S/C19H30N4OS/c1-14-11-16(15(2)23(14)17-7-4-3-5-8-17)12-21-22-19(25)20-13-18-9-6-10-24-18/h11-12,17-18H,3-10,13H2,1-2H3,(H2,20,22,25)/b21-12-/t18-/m0/s1. The van der Waals surface area contributed by atoms with Crippen molar-refractivity contribution < 1.29 is 4.74 Å². The maximum absolute atomic E-state index is 5.58. The lowest BCUT2D eigenvalue weighted by atomic mass is 9.95. The van der Waals surface area contributed by atoms with Gasteiger partial charge >= 0.3 is 0 Å². The minimum absolute atomic E-state index is 0.276. The highest BCUT2D eigenvalue weighted by Crippen LogP contribution is 2.31. The molecule has 1 aliphatic heterocycles. The Bertz CT molecular complexity index is 613. The third kappa shape index (κ3) is 4.82. The highest BCUT2D eigenvalue weighted by atomic mass is 32.1. The molecule has 2 fully saturated rings. The fraction of sp³-hybridized carbons (Fsp3) is 0.684. The van der Waals surface area contributed by atoms with Gasteiger partial charge in [0.15, 0.2) is 5.11 Å². The van der Waals surface area contributed by atoms with Crippen LogP contribution in [0.15, 0.2) is 11.2 Å². The molecule has 1 aromatic rings. The molecule has 2 heterocycles. The molecule has 1 saturated carbocycles. The maximum atomic E-state index is 5.58. The van der Waals surface area contributed by atoms with Gasteiger partial charge in [0.2, 0.25) is 0 Å². The van der Waals surface area contributed by atoms with Crippen LogP contribution in [0.1, 0.15) is 67.9 Å². The van der Waals surface area contributed by atoms with Crippen molar-refractivity contribution in [2.75, 3.05) is 13.2 Å². The number of thiocarbonyl (C=S) groups is 1. The van der Waals surface area contributed by atoms with Gasteiger partial charge < -0.3 is 14.6 Å². The molecule has 0 amide bonds. The molecule has 2 aliphatic rings. The molecule has 0 aromatic carbocycles. The molecule has 0 unspecified atom stereocenters. The van der Waals surface area contributed by atoms with Crippen molar-refractivity contribution in [2.24, 2.45) is 5.10 Å². The lowest BCUT2D eigenvalue weighted by Gasteiger charge is -2.26. The zero-order chi connectivity index (χ0) is 17.6. The van der Waals surface area contributed by atoms with E-state index in [0.717, 1.165) is 31.6 Å². The summed E-state index contributed by atoms with van der Waals surface area (Å²) in [7, 11) is 0. The second-order valence-electron chi connectivity index (χ2n) is 7.20. The van der Waals surface area contributed by atoms with Crippen LogP contribution >= 0.6 is 12.2 Å². The monoisotopic (exact) mass is 362 g/mol. The Hall–Kier alpha value is -1.40. The average molecular weight is 363 g/mol. The highest BCUT2D eigenvalue weighted by molar-refractivity contribution is 7.80. The number of hydrazone groups is 1. The Labute approximate surface area is 156 Å². The van der Waals surface area contributed by atoms with Gasteiger partial charge in [0, 0.05) is 36.1 Å². The van der Waals surface area contributed by atoms with Crippen molar-refractivity contribution in [2.45, 2.75) is 70.9 Å². The van der Waals surface area contributed by atoms with Crippen molar-refractivity contribution in [1.29, 1.82) is 0 Å². The van der Waals surface area contributed by atoms with Crippen LogP contribution in [0.3, 0.4) is 0 Å². The lowest BCUT2D eigenvalue weighted by Crippen LogP contribution is -2.37. The van der Waals surface area contributed by atoms with Crippen LogP contribution in [-0.2, 0) is 4.74 Å². The topological polar surface area (TPSA) is 50.6 Å². The molecule has 0 radical (unpaired) electrons. The first-order valence-electron chi connectivity index (χ1n) is 9.52. The van der Waals surface area contributed by atoms with E-state index in [1.165, 1.54) is 43.5 Å². The van der Waals surface area contributed by atoms with E-state index in [9.17, 15) is 0 Å². The van der Waals surface area contributed by atoms with Crippen molar-refractivity contribution in [3.05, 3.63) is 23.0 Å². The first-order valence-corrected chi connectivity index (χ1v) is 9.93. The number of nitrogens with one attached hydrogen (secondary N) is 2. The van der Waals surface area contributed by atoms with E-state index in [1.807, 2.05) is 6.21 Å². The molecule has 1 aliphatic carbocycles. The summed E-state index contributed by atoms with van der Waals surface area (Å²) < 4.78 is 8.07. The summed E-state index contributed by atoms with van der Waals surface area (Å²) in [5, 5.41) is 8.03. The van der Waals surface area contributed by atoms with Gasteiger partial charge in [0.25, 0.3) is 0 Å². The van der Waals surface area contributed by atoms with Crippen LogP contribution < -0.4 is 10.7 Å². The SMILES string of the molecule is Cc1cc(/C=N\NC(=S)NC[C@@H]2CCCO2)c(C)n1C1CCCCC1. The molecular formula is C19H30N4OS. The number of aryl methyl sites for hydroxylation is 1. The first-order chi connectivity index (χ1) is 12.1. The van der Waals surface area contributed by atoms with Crippen LogP contribution in [0, 0.1) is 13.8 Å². The zero-order valence-electron chi connectivity index (χ0n) is 15.4. The summed E-state index contributed by atoms with van der Waals surface area (Å²) in [6, 6.07) is 2.87. The number of hydrogen-bond donors (Lipinski definition) is 2. The number of nitrogens with zero attached hydrogens (tertiary/aromatic N) is 2. The number of ether oxygens (including phenoxy) is 1. The van der Waals surface area contributed by atoms with Crippen molar-refractivity contribution in [1.82, 2.24) is 15.3 Å². The molecule has 0 spiro atoms. The van der Waals surface area contributed by atoms with Gasteiger partial charge in [-0.3, -0.25) is 5.43 Å². The molecule has 3 rings (SSSR count). The molecule has 2 N–H and O–H groups in total. The third-order valence-corrected chi connectivity index (χ3v) is 5.58. The first kappa shape index (κ1) is 18.4. The molecule has 6 heteroatoms. The molecule has 138 valence electrons. The van der Waals surface area contributed by atoms with Crippen LogP contribution in [0.4, 0.5) is 0 Å². The average Bonchev–Trinajstić information content (AvgIpc) is 3.22. The largest absolute Gasteiger partial charge is 0.376 e. The van der Waals surface area contributed by atoms with Gasteiger partial charge in [-0.2, -0.15) is 5.10 Å². The summed E-state index contributed by atoms with van der Waals surface area (Å²) in [6.07, 6.45) is 11.1. The van der Waals surface area contributed by atoms with Gasteiger partial charge in [0.1, 0.15) is 0 Å². The van der Waals surface area contributed by atoms with Crippen LogP contribution in [0.25, 0.3) is 0 Å². The van der Waals surface area contributed by atoms with Gasteiger partial charge in [-0.05, 0) is 57.8 Å². The van der Waals surface area contributed by atoms with E-state index in [0.29, 0.717) is 11.2 Å². The van der Waals surface area contributed by atoms with Gasteiger partial charge in [0.05, 0.1) is 12.3 Å². The van der Waals surface area contributed by atoms with Crippen LogP contribution in [-0.4, -0.2) is 35.1 Å². The maximum Gasteiger partial charge on any atom is 0.187 e. The second kappa shape index (κ2) is 8.81. The van der Waals surface area contributed by atoms with Crippen molar-refractivity contribution >= 4 is 23.5 Å². The molecule has 0 bridgehead atoms. The summed E-state index contributed by atoms with van der Waals surface area (Å²) in [5.74, 6) is 0. The Kier molecular flexibility index (Phi) is 6.48. The Morgan fingerprint density at radius 1 is 1.28 bits per heavy atom. The number of hydrogen-bond acceptors (Lipinski definition) is 3. The fourth-order valence-electron chi connectivity index (χ4n) is 4.05. The normalized spacial score (nSPS) is 21.8. The molecule has 5 nitrogen and oxygen atoms in total. The summed E-state index contributed by atoms with van der Waals surface area (Å²) in [6.45, 7) is 6.00. The van der Waals surface area contributed by atoms with Gasteiger partial charge in [-0.25, -0.2) is 0 Å². The fourth-order valence-corrected chi connectivity index (χ4v) is 4.18. The molecule has 25 heavy (non-hydrogen) atoms. The highest BCUT2D eigenvalue weighted by Gasteiger charge is 2.19. The van der Waals surface area contributed by atoms with Crippen molar-refractivity contribution in [3.8, 4) is 0 Å². The summed E-state index contributed by atoms with van der Waals surface area (Å²) in [5.41, 5.74) is 6.70. The van der Waals surface area contributed by atoms with E-state index >= 15 is 0 Å². The van der Waals surface area contributed by atoms with Crippen LogP contribution in [0.2, 0.25) is 0 Å². The summed E-state index contributed by atoms with van der Waals surface area (Å²) >= 11 is 5.27. The van der Waals surface area contributed by atoms with Crippen LogP contribution in [0.5, 0.6) is 0 Å². The van der Waals surface area contributed by atoms with E-state index in [-0.39, 0.29) is 6.10 Å². The predicted octanol–water partition coefficient (Wildman–Crippen LogP) is 3.59. The Morgan fingerprint density at radius 2 is 2.08 bits per heavy atom. The van der Waals surface area contributed by atoms with E-state index in [2.05, 4.69) is 40.3 Å². The third-order valence-electron chi connectivity index (χ3n) is 5.35. The minimum Gasteiger partial charge on any atom is -0.376 e. The Morgan fingerprint density at radius 3 is 2.80 bits per heavy atom. The minimum atomic E-state index is 0.276. The Balaban J connectivity index is 1.53. The van der Waals surface area contributed by atoms with E-state index in [4.69, 9.17) is 17.0 Å². The lowest BCUT2D eigenvalue weighted by molar-refractivity contribution is 0.114. The molecule has 1 atom stereocenters. The van der Waals surface area contributed by atoms with Gasteiger partial charge in [-0.15, -0.1) is 0 Å². The number of rotatable bonds is 5. The predicted molar refractivity (Wildman–Crippen MR) is 106 cm³/mol. The van der Waals surface area contributed by atoms with E-state index < -0.39 is 0 Å². The molecular weight excluding hydrogens is 332 g/mol. The summed E-state index contributed by atoms with van der Waals surface area (Å²) in [4.78, 5) is 0. The number of aromatic nitrogens is 1. The smallest absolute Gasteiger partial charge is 0.187 e. The van der Waals surface area contributed by atoms with Crippen molar-refractivity contribution in [3.63, 3.8) is 0 Å². The van der Waals surface area contributed by atoms with Gasteiger partial charge in [-0.1, -0.05) is 19.3 Å². The second-order valence-corrected chi connectivity index (χ2v) is 7.61. The zero-order valence-corrected chi connectivity index (χ0v) is 16.2. The molecule has 1 aromatic heterocycles.